The minimum absolute atomic E-state index is 0.110. The molecule has 2 aromatic heterocycles. The van der Waals surface area contributed by atoms with Crippen LogP contribution in [0.2, 0.25) is 0 Å². The van der Waals surface area contributed by atoms with Gasteiger partial charge in [0.05, 0.1) is 5.56 Å². The lowest BCUT2D eigenvalue weighted by atomic mass is 10.1. The Morgan fingerprint density at radius 3 is 2.50 bits per heavy atom. The van der Waals surface area contributed by atoms with Crippen LogP contribution >= 0.6 is 0 Å². The molecule has 2 aliphatic rings. The molecule has 0 saturated carbocycles. The third-order valence-corrected chi connectivity index (χ3v) is 4.45. The lowest BCUT2D eigenvalue weighted by Crippen LogP contribution is -2.48. The summed E-state index contributed by atoms with van der Waals surface area (Å²) in [6.45, 7) is -0.345. The number of carbonyl (C=O) groups excluding carboxylic acids is 3. The Hall–Kier alpha value is -3.84. The van der Waals surface area contributed by atoms with Gasteiger partial charge in [0.25, 0.3) is 0 Å². The topological polar surface area (TPSA) is 168 Å². The van der Waals surface area contributed by atoms with E-state index in [0.717, 1.165) is 4.57 Å². The Morgan fingerprint density at radius 1 is 1.13 bits per heavy atom. The second kappa shape index (κ2) is 7.88. The van der Waals surface area contributed by atoms with E-state index in [9.17, 15) is 19.2 Å². The van der Waals surface area contributed by atoms with E-state index in [1.165, 1.54) is 36.8 Å². The van der Waals surface area contributed by atoms with Crippen LogP contribution in [0.1, 0.15) is 16.6 Å². The maximum absolute atomic E-state index is 12.2. The van der Waals surface area contributed by atoms with Gasteiger partial charge in [-0.2, -0.15) is 4.98 Å². The first-order valence-electron chi connectivity index (χ1n) is 8.61. The third-order valence-electron chi connectivity index (χ3n) is 4.45. The lowest BCUT2D eigenvalue weighted by Gasteiger charge is -2.27. The zero-order valence-electron chi connectivity index (χ0n) is 15.0. The molecule has 156 valence electrons. The lowest BCUT2D eigenvalue weighted by molar-refractivity contribution is -0.195. The van der Waals surface area contributed by atoms with Crippen molar-refractivity contribution in [3.8, 4) is 0 Å². The summed E-state index contributed by atoms with van der Waals surface area (Å²) in [5, 5.41) is 8.86. The second-order valence-corrected chi connectivity index (χ2v) is 6.25. The first-order chi connectivity index (χ1) is 14.5. The number of esters is 3. The van der Waals surface area contributed by atoms with Crippen LogP contribution in [0.4, 0.5) is 5.82 Å². The van der Waals surface area contributed by atoms with E-state index in [-0.39, 0.29) is 18.0 Å². The van der Waals surface area contributed by atoms with Gasteiger partial charge in [0.2, 0.25) is 0 Å². The highest BCUT2D eigenvalue weighted by atomic mass is 16.7. The van der Waals surface area contributed by atoms with E-state index in [1.807, 2.05) is 0 Å². The Kier molecular flexibility index (Phi) is 5.12. The molecule has 2 aromatic rings. The molecular weight excluding hydrogens is 404 g/mol. The van der Waals surface area contributed by atoms with Crippen LogP contribution < -0.4 is 11.2 Å². The predicted molar refractivity (Wildman–Crippen MR) is 92.1 cm³/mol. The number of nitrogens with zero attached hydrogens (tertiary/aromatic N) is 3. The summed E-state index contributed by atoms with van der Waals surface area (Å²) in [5.74, 6) is -3.25. The first kappa shape index (κ1) is 19.5. The van der Waals surface area contributed by atoms with Gasteiger partial charge in [-0.25, -0.2) is 19.2 Å². The quantitative estimate of drug-likeness (QED) is 0.264. The molecule has 2 saturated heterocycles. The minimum atomic E-state index is -1.24. The Morgan fingerprint density at radius 2 is 1.83 bits per heavy atom. The van der Waals surface area contributed by atoms with Gasteiger partial charge < -0.3 is 18.9 Å². The zero-order chi connectivity index (χ0) is 21.3. The summed E-state index contributed by atoms with van der Waals surface area (Å²) in [6.07, 6.45) is -0.441. The zero-order valence-corrected chi connectivity index (χ0v) is 15.0. The highest BCUT2D eigenvalue weighted by Crippen LogP contribution is 2.35. The van der Waals surface area contributed by atoms with Crippen LogP contribution in [-0.2, 0) is 28.5 Å². The molecule has 30 heavy (non-hydrogen) atoms. The van der Waals surface area contributed by atoms with Crippen molar-refractivity contribution in [1.82, 2.24) is 14.5 Å². The number of rotatable bonds is 5. The van der Waals surface area contributed by atoms with Crippen LogP contribution in [0.5, 0.6) is 0 Å². The van der Waals surface area contributed by atoms with E-state index < -0.39 is 48.1 Å². The highest BCUT2D eigenvalue weighted by Gasteiger charge is 2.55. The van der Waals surface area contributed by atoms with Gasteiger partial charge in [0.1, 0.15) is 12.7 Å². The summed E-state index contributed by atoms with van der Waals surface area (Å²) in [4.78, 5) is 55.1. The number of ether oxygens (including phenoxy) is 4. The van der Waals surface area contributed by atoms with Gasteiger partial charge in [-0.15, -0.1) is 0 Å². The third kappa shape index (κ3) is 3.58. The molecule has 2 aliphatic heterocycles. The summed E-state index contributed by atoms with van der Waals surface area (Å²) >= 11 is 0. The number of hydrogen-bond acceptors (Lipinski definition) is 12. The van der Waals surface area contributed by atoms with Crippen molar-refractivity contribution in [2.45, 2.75) is 24.5 Å². The number of nitrogens with one attached hydrogen (secondary N) is 1. The molecule has 0 radical (unpaired) electrons. The minimum Gasteiger partial charge on any atom is -0.459 e. The molecule has 0 aromatic carbocycles. The van der Waals surface area contributed by atoms with E-state index in [2.05, 4.69) is 9.97 Å². The molecule has 13 nitrogen and oxygen atoms in total. The fraction of sp³-hybridized carbons (Fsp3) is 0.294. The van der Waals surface area contributed by atoms with Crippen molar-refractivity contribution in [3.05, 3.63) is 52.8 Å². The molecule has 0 aliphatic carbocycles. The van der Waals surface area contributed by atoms with Crippen LogP contribution in [-0.4, -0.2) is 62.6 Å². The SMILES string of the molecule is O=C1O[C@@H]2[C@H](OC1=O)[C@@H](COC(=O)c1ccncc1)O[C@H]2n1ccc(NO)nc1=O. The Bertz CT molecular complexity index is 1040. The van der Waals surface area contributed by atoms with Crippen LogP contribution in [0.15, 0.2) is 41.6 Å². The van der Waals surface area contributed by atoms with E-state index >= 15 is 0 Å². The van der Waals surface area contributed by atoms with Crippen molar-refractivity contribution in [2.24, 2.45) is 0 Å². The van der Waals surface area contributed by atoms with E-state index in [1.54, 1.807) is 5.48 Å². The molecule has 13 heteroatoms. The van der Waals surface area contributed by atoms with Gasteiger partial charge >= 0.3 is 23.6 Å². The maximum atomic E-state index is 12.2. The van der Waals surface area contributed by atoms with Crippen LogP contribution in [0.3, 0.4) is 0 Å². The van der Waals surface area contributed by atoms with Crippen molar-refractivity contribution >= 4 is 23.7 Å². The predicted octanol–water partition coefficient (Wildman–Crippen LogP) is -0.969. The standard InChI is InChI=1S/C17H14N4O9/c22-14(8-1-4-18-5-2-8)27-7-9-11-12(30-16(24)15(23)29-11)13(28-9)21-6-3-10(20-26)19-17(21)25/h1-6,9,11-13,26H,7H2,(H,19,20,25)/t9-,11-,12-,13-/m1/s1. The summed E-state index contributed by atoms with van der Waals surface area (Å²) in [7, 11) is 0. The average molecular weight is 418 g/mol. The molecular formula is C17H14N4O9. The van der Waals surface area contributed by atoms with Gasteiger partial charge in [0, 0.05) is 18.6 Å². The van der Waals surface area contributed by atoms with Crippen molar-refractivity contribution in [2.75, 3.05) is 12.1 Å². The van der Waals surface area contributed by atoms with Gasteiger partial charge in [-0.1, -0.05) is 0 Å². The number of pyridine rings is 1. The molecule has 2 fully saturated rings. The first-order valence-corrected chi connectivity index (χ1v) is 8.61. The van der Waals surface area contributed by atoms with Crippen LogP contribution in [0.25, 0.3) is 0 Å². The fourth-order valence-corrected chi connectivity index (χ4v) is 3.08. The summed E-state index contributed by atoms with van der Waals surface area (Å²) in [6, 6.07) is 4.18. The number of hydrogen-bond donors (Lipinski definition) is 2. The summed E-state index contributed by atoms with van der Waals surface area (Å²) in [5.41, 5.74) is 1.14. The van der Waals surface area contributed by atoms with E-state index in [0.29, 0.717) is 0 Å². The number of anilines is 1. The van der Waals surface area contributed by atoms with Crippen molar-refractivity contribution in [1.29, 1.82) is 0 Å². The molecule has 4 rings (SSSR count). The fourth-order valence-electron chi connectivity index (χ4n) is 3.08. The second-order valence-electron chi connectivity index (χ2n) is 6.25. The molecule has 0 spiro atoms. The Labute approximate surface area is 167 Å². The molecule has 4 heterocycles. The number of carbonyl (C=O) groups is 3. The largest absolute Gasteiger partial charge is 0.459 e. The molecule has 4 atom stereocenters. The normalized spacial score (nSPS) is 25.1. The van der Waals surface area contributed by atoms with E-state index in [4.69, 9.17) is 24.2 Å². The highest BCUT2D eigenvalue weighted by molar-refractivity contribution is 6.30. The molecule has 0 bridgehead atoms. The van der Waals surface area contributed by atoms with Gasteiger partial charge in [-0.05, 0) is 18.2 Å². The molecule has 0 unspecified atom stereocenters. The number of aromatic nitrogens is 3. The summed E-state index contributed by atoms with van der Waals surface area (Å²) < 4.78 is 22.1. The van der Waals surface area contributed by atoms with Gasteiger partial charge in [0.15, 0.2) is 24.3 Å². The Balaban J connectivity index is 1.56. The van der Waals surface area contributed by atoms with Crippen LogP contribution in [0, 0.1) is 0 Å². The monoisotopic (exact) mass is 418 g/mol. The van der Waals surface area contributed by atoms with Crippen molar-refractivity contribution in [3.63, 3.8) is 0 Å². The molecule has 0 amide bonds. The molecule has 2 N–H and O–H groups in total. The average Bonchev–Trinajstić information content (AvgIpc) is 3.09. The number of fused-ring (bicyclic) bond motifs is 1. The smallest absolute Gasteiger partial charge is 0.418 e. The maximum Gasteiger partial charge on any atom is 0.418 e. The van der Waals surface area contributed by atoms with Gasteiger partial charge in [-0.3, -0.25) is 20.2 Å². The van der Waals surface area contributed by atoms with Crippen molar-refractivity contribution < 1.29 is 38.5 Å².